The van der Waals surface area contributed by atoms with Gasteiger partial charge in [0.25, 0.3) is 5.91 Å². The van der Waals surface area contributed by atoms with E-state index in [4.69, 9.17) is 5.73 Å². The van der Waals surface area contributed by atoms with Crippen molar-refractivity contribution < 1.29 is 23.5 Å². The summed E-state index contributed by atoms with van der Waals surface area (Å²) in [6.45, 7) is 4.45. The van der Waals surface area contributed by atoms with Crippen LogP contribution in [0.5, 0.6) is 0 Å². The summed E-state index contributed by atoms with van der Waals surface area (Å²) < 4.78 is 28.8. The fourth-order valence-electron chi connectivity index (χ4n) is 5.99. The highest BCUT2D eigenvalue weighted by Crippen LogP contribution is 2.43. The average molecular weight is 514 g/mol. The molecule has 2 saturated heterocycles. The van der Waals surface area contributed by atoms with E-state index in [2.05, 4.69) is 4.90 Å². The van der Waals surface area contributed by atoms with E-state index in [1.807, 2.05) is 32.0 Å². The van der Waals surface area contributed by atoms with Crippen LogP contribution in [0.15, 0.2) is 42.5 Å². The van der Waals surface area contributed by atoms with Crippen LogP contribution in [0.3, 0.4) is 0 Å². The SMILES string of the molecule is CC(C)C[C@H](O)C(=O)N(CCN1[C@@H]2CC[C@H]1C[C@@H](c1cccc(C(N)=O)c1)C2)Cc1c(F)cccc1F. The summed E-state index contributed by atoms with van der Waals surface area (Å²) in [5.74, 6) is -1.90. The van der Waals surface area contributed by atoms with Crippen LogP contribution in [0.1, 0.15) is 73.4 Å². The number of piperidine rings is 1. The van der Waals surface area contributed by atoms with Crippen molar-refractivity contribution in [2.24, 2.45) is 11.7 Å². The van der Waals surface area contributed by atoms with Gasteiger partial charge in [-0.3, -0.25) is 14.5 Å². The van der Waals surface area contributed by atoms with Crippen molar-refractivity contribution in [3.63, 3.8) is 0 Å². The maximum atomic E-state index is 14.4. The first-order valence-electron chi connectivity index (χ1n) is 13.2. The Morgan fingerprint density at radius 3 is 2.30 bits per heavy atom. The summed E-state index contributed by atoms with van der Waals surface area (Å²) in [5.41, 5.74) is 6.94. The van der Waals surface area contributed by atoms with Crippen molar-refractivity contribution in [1.29, 1.82) is 0 Å². The molecule has 2 heterocycles. The molecule has 37 heavy (non-hydrogen) atoms. The van der Waals surface area contributed by atoms with E-state index >= 15 is 0 Å². The fraction of sp³-hybridized carbons (Fsp3) is 0.517. The Bertz CT molecular complexity index is 1090. The van der Waals surface area contributed by atoms with Crippen molar-refractivity contribution in [2.45, 2.75) is 76.6 Å². The van der Waals surface area contributed by atoms with Crippen LogP contribution in [0.4, 0.5) is 8.78 Å². The van der Waals surface area contributed by atoms with Crippen LogP contribution in [0.25, 0.3) is 0 Å². The number of hydrogen-bond donors (Lipinski definition) is 2. The van der Waals surface area contributed by atoms with Gasteiger partial charge in [-0.25, -0.2) is 8.78 Å². The van der Waals surface area contributed by atoms with Crippen LogP contribution in [0, 0.1) is 17.6 Å². The third kappa shape index (κ3) is 6.36. The lowest BCUT2D eigenvalue weighted by atomic mass is 9.84. The molecule has 200 valence electrons. The van der Waals surface area contributed by atoms with E-state index in [0.717, 1.165) is 31.2 Å². The molecular formula is C29H37F2N3O3. The second kappa shape index (κ2) is 11.7. The molecule has 0 unspecified atom stereocenters. The van der Waals surface area contributed by atoms with E-state index in [0.29, 0.717) is 30.1 Å². The summed E-state index contributed by atoms with van der Waals surface area (Å²) in [6.07, 6.45) is 3.03. The van der Waals surface area contributed by atoms with Gasteiger partial charge in [0.15, 0.2) is 0 Å². The topological polar surface area (TPSA) is 86.9 Å². The maximum Gasteiger partial charge on any atom is 0.251 e. The van der Waals surface area contributed by atoms with Gasteiger partial charge in [0, 0.05) is 36.3 Å². The number of hydrogen-bond acceptors (Lipinski definition) is 4. The van der Waals surface area contributed by atoms with Crippen LogP contribution in [-0.2, 0) is 11.3 Å². The van der Waals surface area contributed by atoms with Gasteiger partial charge in [-0.2, -0.15) is 0 Å². The van der Waals surface area contributed by atoms with Crippen molar-refractivity contribution >= 4 is 11.8 Å². The van der Waals surface area contributed by atoms with Gasteiger partial charge in [0.05, 0.1) is 6.54 Å². The normalized spacial score (nSPS) is 22.3. The minimum absolute atomic E-state index is 0.105. The lowest BCUT2D eigenvalue weighted by Gasteiger charge is -2.40. The first-order valence-corrected chi connectivity index (χ1v) is 13.2. The predicted octanol–water partition coefficient (Wildman–Crippen LogP) is 4.21. The summed E-state index contributed by atoms with van der Waals surface area (Å²) in [5, 5.41) is 10.5. The number of nitrogens with zero attached hydrogens (tertiary/aromatic N) is 2. The first kappa shape index (κ1) is 27.2. The molecule has 2 aromatic rings. The van der Waals surface area contributed by atoms with Crippen LogP contribution >= 0.6 is 0 Å². The molecule has 2 fully saturated rings. The number of primary amides is 1. The number of carbonyl (C=O) groups excluding carboxylic acids is 2. The maximum absolute atomic E-state index is 14.4. The first-order chi connectivity index (χ1) is 17.6. The summed E-state index contributed by atoms with van der Waals surface area (Å²) in [7, 11) is 0. The number of benzene rings is 2. The van der Waals surface area contributed by atoms with Crippen LogP contribution in [-0.4, -0.2) is 58.0 Å². The van der Waals surface area contributed by atoms with E-state index in [9.17, 15) is 23.5 Å². The number of carbonyl (C=O) groups is 2. The zero-order valence-corrected chi connectivity index (χ0v) is 21.6. The summed E-state index contributed by atoms with van der Waals surface area (Å²) >= 11 is 0. The number of aliphatic hydroxyl groups is 1. The molecular weight excluding hydrogens is 476 g/mol. The highest BCUT2D eigenvalue weighted by atomic mass is 19.1. The molecule has 8 heteroatoms. The second-order valence-electron chi connectivity index (χ2n) is 10.9. The summed E-state index contributed by atoms with van der Waals surface area (Å²) in [4.78, 5) is 28.6. The summed E-state index contributed by atoms with van der Waals surface area (Å²) in [6, 6.07) is 11.9. The number of halogens is 2. The number of rotatable bonds is 10. The van der Waals surface area contributed by atoms with E-state index < -0.39 is 29.6 Å². The van der Waals surface area contributed by atoms with Crippen molar-refractivity contribution in [2.75, 3.05) is 13.1 Å². The van der Waals surface area contributed by atoms with Crippen molar-refractivity contribution in [3.05, 3.63) is 70.8 Å². The van der Waals surface area contributed by atoms with Gasteiger partial charge < -0.3 is 15.7 Å². The van der Waals surface area contributed by atoms with Gasteiger partial charge in [0.1, 0.15) is 17.7 Å². The zero-order valence-electron chi connectivity index (χ0n) is 21.6. The Balaban J connectivity index is 1.46. The average Bonchev–Trinajstić information content (AvgIpc) is 3.09. The number of amides is 2. The smallest absolute Gasteiger partial charge is 0.251 e. The van der Waals surface area contributed by atoms with Crippen LogP contribution in [0.2, 0.25) is 0 Å². The molecule has 2 aliphatic rings. The van der Waals surface area contributed by atoms with E-state index in [-0.39, 0.29) is 31.0 Å². The quantitative estimate of drug-likeness (QED) is 0.498. The molecule has 4 rings (SSSR count). The largest absolute Gasteiger partial charge is 0.383 e. The van der Waals surface area contributed by atoms with Gasteiger partial charge in [-0.1, -0.05) is 32.0 Å². The standard InChI is InChI=1S/C29H37F2N3O3/c1-18(2)13-27(35)29(37)33(17-24-25(30)7-4-8-26(24)31)11-12-34-22-9-10-23(34)16-21(15-22)19-5-3-6-20(14-19)28(32)36/h3-8,14,18,21-23,27,35H,9-13,15-17H2,1-2H3,(H2,32,36)/t21-,22+,23-,27-/m0/s1. The lowest BCUT2D eigenvalue weighted by molar-refractivity contribution is -0.142. The number of fused-ring (bicyclic) bond motifs is 2. The lowest BCUT2D eigenvalue weighted by Crippen LogP contribution is -2.48. The third-order valence-corrected chi connectivity index (χ3v) is 7.86. The molecule has 2 amide bonds. The molecule has 6 nitrogen and oxygen atoms in total. The number of aliphatic hydroxyl groups excluding tert-OH is 1. The zero-order chi connectivity index (χ0) is 26.7. The molecule has 0 aliphatic carbocycles. The molecule has 4 atom stereocenters. The van der Waals surface area contributed by atoms with Gasteiger partial charge in [-0.05, 0) is 73.8 Å². The Morgan fingerprint density at radius 2 is 1.70 bits per heavy atom. The highest BCUT2D eigenvalue weighted by Gasteiger charge is 2.41. The molecule has 0 saturated carbocycles. The number of nitrogens with two attached hydrogens (primary N) is 1. The second-order valence-corrected chi connectivity index (χ2v) is 10.9. The Hall–Kier alpha value is -2.84. The molecule has 0 aromatic heterocycles. The third-order valence-electron chi connectivity index (χ3n) is 7.86. The molecule has 2 aromatic carbocycles. The highest BCUT2D eigenvalue weighted by molar-refractivity contribution is 5.92. The molecule has 3 N–H and O–H groups in total. The van der Waals surface area contributed by atoms with Gasteiger partial charge >= 0.3 is 0 Å². The molecule has 0 spiro atoms. The van der Waals surface area contributed by atoms with Gasteiger partial charge in [-0.15, -0.1) is 0 Å². The fourth-order valence-corrected chi connectivity index (χ4v) is 5.99. The predicted molar refractivity (Wildman–Crippen MR) is 138 cm³/mol. The van der Waals surface area contributed by atoms with E-state index in [1.54, 1.807) is 6.07 Å². The minimum Gasteiger partial charge on any atom is -0.383 e. The molecule has 0 radical (unpaired) electrons. The van der Waals surface area contributed by atoms with Gasteiger partial charge in [0.2, 0.25) is 5.91 Å². The van der Waals surface area contributed by atoms with E-state index in [1.165, 1.54) is 23.1 Å². The minimum atomic E-state index is -1.21. The molecule has 2 bridgehead atoms. The molecule has 2 aliphatic heterocycles. The Kier molecular flexibility index (Phi) is 8.60. The van der Waals surface area contributed by atoms with Crippen molar-refractivity contribution in [3.8, 4) is 0 Å². The Labute approximate surface area is 217 Å². The van der Waals surface area contributed by atoms with Crippen LogP contribution < -0.4 is 5.73 Å². The van der Waals surface area contributed by atoms with Crippen molar-refractivity contribution in [1.82, 2.24) is 9.80 Å². The monoisotopic (exact) mass is 513 g/mol. The Morgan fingerprint density at radius 1 is 1.08 bits per heavy atom.